The van der Waals surface area contributed by atoms with Gasteiger partial charge < -0.3 is 9.64 Å². The molecule has 3 aliphatic heterocycles. The fourth-order valence-corrected chi connectivity index (χ4v) is 5.71. The zero-order valence-corrected chi connectivity index (χ0v) is 12.8. The minimum atomic E-state index is -0.0421. The van der Waals surface area contributed by atoms with Gasteiger partial charge in [0.2, 0.25) is 5.91 Å². The molecule has 0 aromatic rings. The van der Waals surface area contributed by atoms with Crippen LogP contribution in [0.5, 0.6) is 0 Å². The van der Waals surface area contributed by atoms with Crippen molar-refractivity contribution in [3.05, 3.63) is 24.3 Å². The van der Waals surface area contributed by atoms with Crippen LogP contribution in [-0.4, -0.2) is 59.9 Å². The summed E-state index contributed by atoms with van der Waals surface area (Å²) in [6, 6.07) is 0. The first-order chi connectivity index (χ1) is 10.3. The molecule has 4 nitrogen and oxygen atoms in total. The van der Waals surface area contributed by atoms with Crippen LogP contribution < -0.4 is 0 Å². The second kappa shape index (κ2) is 5.29. The van der Waals surface area contributed by atoms with Crippen molar-refractivity contribution in [2.75, 3.05) is 38.6 Å². The lowest BCUT2D eigenvalue weighted by atomic mass is 9.74. The van der Waals surface area contributed by atoms with Crippen LogP contribution >= 0.6 is 11.8 Å². The molecule has 112 valence electrons. The highest BCUT2D eigenvalue weighted by atomic mass is 32.2. The molecule has 3 heterocycles. The van der Waals surface area contributed by atoms with Crippen LogP contribution in [0.1, 0.15) is 6.42 Å². The first-order valence-electron chi connectivity index (χ1n) is 7.72. The van der Waals surface area contributed by atoms with Gasteiger partial charge in [-0.25, -0.2) is 0 Å². The molecule has 2 saturated heterocycles. The van der Waals surface area contributed by atoms with Gasteiger partial charge in [0.25, 0.3) is 0 Å². The first-order valence-corrected chi connectivity index (χ1v) is 8.71. The largest absolute Gasteiger partial charge is 0.378 e. The molecule has 0 N–H and O–H groups in total. The van der Waals surface area contributed by atoms with Gasteiger partial charge in [-0.15, -0.1) is 11.8 Å². The number of thioether (sulfide) groups is 1. The lowest BCUT2D eigenvalue weighted by Crippen LogP contribution is -2.49. The quantitative estimate of drug-likeness (QED) is 0.738. The third-order valence-electron chi connectivity index (χ3n) is 5.01. The Labute approximate surface area is 129 Å². The van der Waals surface area contributed by atoms with E-state index in [0.717, 1.165) is 31.8 Å². The zero-order valence-electron chi connectivity index (χ0n) is 12.0. The number of amides is 1. The number of carbonyl (C=O) groups is 1. The van der Waals surface area contributed by atoms with E-state index in [4.69, 9.17) is 9.73 Å². The van der Waals surface area contributed by atoms with Gasteiger partial charge in [0.1, 0.15) is 0 Å². The van der Waals surface area contributed by atoms with Crippen molar-refractivity contribution in [1.82, 2.24) is 4.90 Å². The predicted octanol–water partition coefficient (Wildman–Crippen LogP) is 1.53. The predicted molar refractivity (Wildman–Crippen MR) is 84.8 cm³/mol. The van der Waals surface area contributed by atoms with Crippen LogP contribution in [0.15, 0.2) is 29.3 Å². The second-order valence-electron chi connectivity index (χ2n) is 6.03. The highest BCUT2D eigenvalue weighted by molar-refractivity contribution is 8.02. The minimum Gasteiger partial charge on any atom is -0.378 e. The smallest absolute Gasteiger partial charge is 0.227 e. The SMILES string of the molecule is O=C(C1CSC23C=CC=CC2=NCCC13)N1CCOCC1. The average molecular weight is 304 g/mol. The highest BCUT2D eigenvalue weighted by Gasteiger charge is 2.54. The van der Waals surface area contributed by atoms with Crippen molar-refractivity contribution in [2.45, 2.75) is 11.2 Å². The molecule has 0 bridgehead atoms. The van der Waals surface area contributed by atoms with Gasteiger partial charge in [-0.2, -0.15) is 0 Å². The number of ether oxygens (including phenoxy) is 1. The van der Waals surface area contributed by atoms with Crippen LogP contribution in [0.2, 0.25) is 0 Å². The zero-order chi connectivity index (χ0) is 14.3. The third kappa shape index (κ3) is 2.09. The van der Waals surface area contributed by atoms with Crippen molar-refractivity contribution in [2.24, 2.45) is 16.8 Å². The monoisotopic (exact) mass is 304 g/mol. The fraction of sp³-hybridized carbons (Fsp3) is 0.625. The summed E-state index contributed by atoms with van der Waals surface area (Å²) in [6.07, 6.45) is 9.60. The number of aliphatic imine (C=N–C) groups is 1. The van der Waals surface area contributed by atoms with E-state index in [1.807, 2.05) is 16.7 Å². The van der Waals surface area contributed by atoms with Crippen molar-refractivity contribution in [3.8, 4) is 0 Å². The molecule has 0 aromatic heterocycles. The van der Waals surface area contributed by atoms with Gasteiger partial charge in [-0.05, 0) is 18.4 Å². The summed E-state index contributed by atoms with van der Waals surface area (Å²) >= 11 is 1.91. The molecule has 21 heavy (non-hydrogen) atoms. The Morgan fingerprint density at radius 2 is 2.24 bits per heavy atom. The molecule has 0 radical (unpaired) electrons. The normalized spacial score (nSPS) is 37.9. The van der Waals surface area contributed by atoms with Gasteiger partial charge in [0.15, 0.2) is 0 Å². The van der Waals surface area contributed by atoms with Gasteiger partial charge in [0.05, 0.1) is 29.6 Å². The lowest BCUT2D eigenvalue weighted by molar-refractivity contribution is -0.140. The van der Waals surface area contributed by atoms with E-state index in [1.54, 1.807) is 0 Å². The van der Waals surface area contributed by atoms with Crippen LogP contribution in [0.3, 0.4) is 0 Å². The Morgan fingerprint density at radius 3 is 3.10 bits per heavy atom. The summed E-state index contributed by atoms with van der Waals surface area (Å²) in [6.45, 7) is 3.70. The van der Waals surface area contributed by atoms with Crippen LogP contribution in [0, 0.1) is 11.8 Å². The van der Waals surface area contributed by atoms with Crippen LogP contribution in [0.4, 0.5) is 0 Å². The van der Waals surface area contributed by atoms with Crippen LogP contribution in [0.25, 0.3) is 0 Å². The maximum Gasteiger partial charge on any atom is 0.227 e. The molecule has 1 aliphatic carbocycles. The molecule has 5 heteroatoms. The van der Waals surface area contributed by atoms with E-state index in [9.17, 15) is 4.79 Å². The number of carbonyl (C=O) groups excluding carboxylic acids is 1. The van der Waals surface area contributed by atoms with Crippen LogP contribution in [-0.2, 0) is 9.53 Å². The van der Waals surface area contributed by atoms with Gasteiger partial charge in [0, 0.05) is 25.4 Å². The number of hydrogen-bond acceptors (Lipinski definition) is 4. The lowest BCUT2D eigenvalue weighted by Gasteiger charge is -2.39. The number of allylic oxidation sites excluding steroid dienone is 3. The number of hydrogen-bond donors (Lipinski definition) is 0. The minimum absolute atomic E-state index is 0.0421. The van der Waals surface area contributed by atoms with Gasteiger partial charge in [-0.1, -0.05) is 18.2 Å². The Kier molecular flexibility index (Phi) is 3.42. The fourth-order valence-electron chi connectivity index (χ4n) is 3.92. The standard InChI is InChI=1S/C16H20N2O2S/c19-15(18-7-9-20-10-8-18)12-11-21-16-5-2-1-3-14(16)17-6-4-13(12)16/h1-3,5,12-13H,4,6-11H2. The molecule has 4 rings (SSSR count). The second-order valence-corrected chi connectivity index (χ2v) is 7.33. The maximum absolute atomic E-state index is 12.9. The third-order valence-corrected chi connectivity index (χ3v) is 6.66. The molecular formula is C16H20N2O2S. The van der Waals surface area contributed by atoms with Crippen molar-refractivity contribution < 1.29 is 9.53 Å². The average Bonchev–Trinajstić information content (AvgIpc) is 2.93. The summed E-state index contributed by atoms with van der Waals surface area (Å²) in [5.74, 6) is 1.77. The Bertz CT molecular complexity index is 536. The molecule has 3 atom stereocenters. The van der Waals surface area contributed by atoms with E-state index < -0.39 is 0 Å². The molecule has 0 saturated carbocycles. The molecule has 2 fully saturated rings. The molecule has 1 amide bonds. The summed E-state index contributed by atoms with van der Waals surface area (Å²) in [5.41, 5.74) is 1.17. The summed E-state index contributed by atoms with van der Waals surface area (Å²) in [7, 11) is 0. The Hall–Kier alpha value is -1.07. The van der Waals surface area contributed by atoms with E-state index in [-0.39, 0.29) is 10.7 Å². The Balaban J connectivity index is 1.59. The number of rotatable bonds is 1. The van der Waals surface area contributed by atoms with E-state index >= 15 is 0 Å². The molecule has 4 aliphatic rings. The van der Waals surface area contributed by atoms with Crippen molar-refractivity contribution in [1.29, 1.82) is 0 Å². The first kappa shape index (κ1) is 13.6. The number of morpholine rings is 1. The van der Waals surface area contributed by atoms with Gasteiger partial charge in [-0.3, -0.25) is 9.79 Å². The van der Waals surface area contributed by atoms with Gasteiger partial charge >= 0.3 is 0 Å². The summed E-state index contributed by atoms with van der Waals surface area (Å²) in [4.78, 5) is 19.6. The van der Waals surface area contributed by atoms with E-state index in [1.165, 1.54) is 5.71 Å². The summed E-state index contributed by atoms with van der Waals surface area (Å²) in [5, 5.41) is 0. The molecule has 0 aromatic carbocycles. The maximum atomic E-state index is 12.9. The molecule has 3 unspecified atom stereocenters. The van der Waals surface area contributed by atoms with Crippen molar-refractivity contribution >= 4 is 23.4 Å². The number of nitrogens with zero attached hydrogens (tertiary/aromatic N) is 2. The Morgan fingerprint density at radius 1 is 1.38 bits per heavy atom. The van der Waals surface area contributed by atoms with E-state index in [0.29, 0.717) is 25.0 Å². The highest BCUT2D eigenvalue weighted by Crippen LogP contribution is 2.53. The summed E-state index contributed by atoms with van der Waals surface area (Å²) < 4.78 is 5.32. The molecule has 1 spiro atoms. The van der Waals surface area contributed by atoms with Crippen molar-refractivity contribution in [3.63, 3.8) is 0 Å². The molecular weight excluding hydrogens is 284 g/mol. The topological polar surface area (TPSA) is 41.9 Å². The van der Waals surface area contributed by atoms with E-state index in [2.05, 4.69) is 24.3 Å².